The molecule has 0 fully saturated rings. The minimum absolute atomic E-state index is 0.150. The Hall–Kier alpha value is -1.67. The average Bonchev–Trinajstić information content (AvgIpc) is 2.78. The standard InChI is InChI=1S/C12H12F3N3OS/c1-7(19)18(2)16-6-8-3-4-9-10(5-8)20-11(17-9)12(13,14)15/h3-5,16H,6H2,1-2H3. The van der Waals surface area contributed by atoms with Crippen molar-refractivity contribution in [1.29, 1.82) is 0 Å². The summed E-state index contributed by atoms with van der Waals surface area (Å²) >= 11 is 0.615. The monoisotopic (exact) mass is 303 g/mol. The molecule has 0 saturated carbocycles. The van der Waals surface area contributed by atoms with Crippen molar-refractivity contribution in [3.8, 4) is 0 Å². The number of alkyl halides is 3. The summed E-state index contributed by atoms with van der Waals surface area (Å²) in [6, 6.07) is 4.87. The number of aromatic nitrogens is 1. The Morgan fingerprint density at radius 3 is 2.75 bits per heavy atom. The van der Waals surface area contributed by atoms with Crippen LogP contribution in [0.5, 0.6) is 0 Å². The predicted molar refractivity (Wildman–Crippen MR) is 69.9 cm³/mol. The first-order chi connectivity index (χ1) is 9.27. The van der Waals surface area contributed by atoms with Crippen LogP contribution in [0.1, 0.15) is 17.5 Å². The molecule has 0 radical (unpaired) electrons. The highest BCUT2D eigenvalue weighted by atomic mass is 32.1. The highest BCUT2D eigenvalue weighted by Crippen LogP contribution is 2.35. The molecule has 20 heavy (non-hydrogen) atoms. The van der Waals surface area contributed by atoms with Gasteiger partial charge in [-0.2, -0.15) is 13.2 Å². The van der Waals surface area contributed by atoms with Crippen LogP contribution in [0.4, 0.5) is 13.2 Å². The van der Waals surface area contributed by atoms with Crippen molar-refractivity contribution in [1.82, 2.24) is 15.4 Å². The predicted octanol–water partition coefficient (Wildman–Crippen LogP) is 2.80. The van der Waals surface area contributed by atoms with E-state index in [1.165, 1.54) is 11.9 Å². The second kappa shape index (κ2) is 5.37. The molecule has 1 aromatic heterocycles. The Morgan fingerprint density at radius 1 is 1.45 bits per heavy atom. The van der Waals surface area contributed by atoms with Crippen molar-refractivity contribution < 1.29 is 18.0 Å². The lowest BCUT2D eigenvalue weighted by Gasteiger charge is -2.16. The summed E-state index contributed by atoms with van der Waals surface area (Å²) in [5.74, 6) is -0.150. The number of carbonyl (C=O) groups is 1. The number of thiazole rings is 1. The van der Waals surface area contributed by atoms with Gasteiger partial charge in [0.1, 0.15) is 0 Å². The number of nitrogens with zero attached hydrogens (tertiary/aromatic N) is 2. The Labute approximate surface area is 117 Å². The van der Waals surface area contributed by atoms with Crippen molar-refractivity contribution >= 4 is 27.5 Å². The molecule has 0 aliphatic heterocycles. The lowest BCUT2D eigenvalue weighted by Crippen LogP contribution is -2.37. The van der Waals surface area contributed by atoms with Crippen LogP contribution >= 0.6 is 11.3 Å². The molecule has 0 bridgehead atoms. The molecule has 0 spiro atoms. The van der Waals surface area contributed by atoms with Gasteiger partial charge in [0.05, 0.1) is 10.2 Å². The third-order valence-corrected chi connectivity index (χ3v) is 3.75. The molecule has 2 rings (SSSR count). The van der Waals surface area contributed by atoms with Crippen LogP contribution in [0.2, 0.25) is 0 Å². The Morgan fingerprint density at radius 2 is 2.15 bits per heavy atom. The summed E-state index contributed by atoms with van der Waals surface area (Å²) in [5.41, 5.74) is 3.95. The first-order valence-electron chi connectivity index (χ1n) is 5.72. The van der Waals surface area contributed by atoms with E-state index in [4.69, 9.17) is 0 Å². The van der Waals surface area contributed by atoms with E-state index in [2.05, 4.69) is 10.4 Å². The number of fused-ring (bicyclic) bond motifs is 1. The van der Waals surface area contributed by atoms with Gasteiger partial charge in [0.25, 0.3) is 0 Å². The van der Waals surface area contributed by atoms with Gasteiger partial charge in [0.15, 0.2) is 5.01 Å². The minimum atomic E-state index is -4.42. The number of carbonyl (C=O) groups excluding carboxylic acids is 1. The number of hydrazine groups is 1. The summed E-state index contributed by atoms with van der Waals surface area (Å²) < 4.78 is 38.2. The van der Waals surface area contributed by atoms with Gasteiger partial charge in [-0.15, -0.1) is 11.3 Å². The molecule has 4 nitrogen and oxygen atoms in total. The van der Waals surface area contributed by atoms with E-state index in [1.54, 1.807) is 25.2 Å². The minimum Gasteiger partial charge on any atom is -0.281 e. The summed E-state index contributed by atoms with van der Waals surface area (Å²) in [6.45, 7) is 1.76. The van der Waals surface area contributed by atoms with E-state index in [0.717, 1.165) is 5.56 Å². The Balaban J connectivity index is 2.19. The molecule has 108 valence electrons. The van der Waals surface area contributed by atoms with Crippen molar-refractivity contribution in [2.24, 2.45) is 0 Å². The zero-order chi connectivity index (χ0) is 14.9. The lowest BCUT2D eigenvalue weighted by atomic mass is 10.2. The summed E-state index contributed by atoms with van der Waals surface area (Å²) in [4.78, 5) is 14.6. The highest BCUT2D eigenvalue weighted by Gasteiger charge is 2.34. The molecule has 1 aromatic carbocycles. The second-order valence-corrected chi connectivity index (χ2v) is 5.26. The largest absolute Gasteiger partial charge is 0.443 e. The lowest BCUT2D eigenvalue weighted by molar-refractivity contribution is -0.137. The maximum absolute atomic E-state index is 12.6. The van der Waals surface area contributed by atoms with Gasteiger partial charge in [-0.3, -0.25) is 9.80 Å². The van der Waals surface area contributed by atoms with Crippen molar-refractivity contribution in [2.45, 2.75) is 19.6 Å². The number of amides is 1. The molecule has 1 heterocycles. The molecular formula is C12H12F3N3OS. The van der Waals surface area contributed by atoms with E-state index in [-0.39, 0.29) is 5.91 Å². The fourth-order valence-corrected chi connectivity index (χ4v) is 2.42. The first-order valence-corrected chi connectivity index (χ1v) is 6.53. The SMILES string of the molecule is CC(=O)N(C)NCc1ccc2nc(C(F)(F)F)sc2c1. The van der Waals surface area contributed by atoms with E-state index < -0.39 is 11.2 Å². The van der Waals surface area contributed by atoms with Crippen LogP contribution in [0.15, 0.2) is 18.2 Å². The molecule has 1 amide bonds. The second-order valence-electron chi connectivity index (χ2n) is 4.23. The van der Waals surface area contributed by atoms with Crippen LogP contribution < -0.4 is 5.43 Å². The summed E-state index contributed by atoms with van der Waals surface area (Å²) in [5, 5.41) is 0.469. The van der Waals surface area contributed by atoms with E-state index in [1.807, 2.05) is 0 Å². The van der Waals surface area contributed by atoms with Gasteiger partial charge < -0.3 is 0 Å². The van der Waals surface area contributed by atoms with E-state index in [9.17, 15) is 18.0 Å². The maximum Gasteiger partial charge on any atom is 0.443 e. The Bertz CT molecular complexity index is 638. The van der Waals surface area contributed by atoms with Crippen LogP contribution in [-0.2, 0) is 17.5 Å². The topological polar surface area (TPSA) is 45.2 Å². The van der Waals surface area contributed by atoms with Crippen molar-refractivity contribution in [3.63, 3.8) is 0 Å². The molecule has 8 heteroatoms. The number of rotatable bonds is 3. The molecule has 0 aliphatic carbocycles. The molecule has 0 saturated heterocycles. The van der Waals surface area contributed by atoms with Crippen LogP contribution in [-0.4, -0.2) is 22.9 Å². The van der Waals surface area contributed by atoms with Crippen LogP contribution in [0.3, 0.4) is 0 Å². The maximum atomic E-state index is 12.6. The summed E-state index contributed by atoms with van der Waals surface area (Å²) in [7, 11) is 1.58. The summed E-state index contributed by atoms with van der Waals surface area (Å²) in [6.07, 6.45) is -4.42. The molecule has 1 N–H and O–H groups in total. The van der Waals surface area contributed by atoms with Crippen LogP contribution in [0.25, 0.3) is 10.2 Å². The molecular weight excluding hydrogens is 291 g/mol. The van der Waals surface area contributed by atoms with Crippen LogP contribution in [0, 0.1) is 0 Å². The number of nitrogens with one attached hydrogen (secondary N) is 1. The zero-order valence-corrected chi connectivity index (χ0v) is 11.6. The third-order valence-electron chi connectivity index (χ3n) is 2.69. The number of benzene rings is 1. The Kier molecular flexibility index (Phi) is 3.96. The highest BCUT2D eigenvalue weighted by molar-refractivity contribution is 7.18. The van der Waals surface area contributed by atoms with Gasteiger partial charge in [-0.1, -0.05) is 6.07 Å². The average molecular weight is 303 g/mol. The van der Waals surface area contributed by atoms with E-state index in [0.29, 0.717) is 28.1 Å². The van der Waals surface area contributed by atoms with Gasteiger partial charge in [0, 0.05) is 20.5 Å². The molecule has 2 aromatic rings. The fraction of sp³-hybridized carbons (Fsp3) is 0.333. The molecule has 0 aliphatic rings. The third kappa shape index (κ3) is 3.26. The van der Waals surface area contributed by atoms with Crippen molar-refractivity contribution in [2.75, 3.05) is 7.05 Å². The molecule has 0 unspecified atom stereocenters. The van der Waals surface area contributed by atoms with Crippen molar-refractivity contribution in [3.05, 3.63) is 28.8 Å². The first kappa shape index (κ1) is 14.7. The van der Waals surface area contributed by atoms with Gasteiger partial charge in [-0.05, 0) is 17.7 Å². The zero-order valence-electron chi connectivity index (χ0n) is 10.8. The van der Waals surface area contributed by atoms with Gasteiger partial charge >= 0.3 is 6.18 Å². The van der Waals surface area contributed by atoms with Gasteiger partial charge in [-0.25, -0.2) is 10.4 Å². The number of hydrogen-bond donors (Lipinski definition) is 1. The normalized spacial score (nSPS) is 11.8. The molecule has 0 atom stereocenters. The van der Waals surface area contributed by atoms with Gasteiger partial charge in [0.2, 0.25) is 5.91 Å². The number of halogens is 3. The fourth-order valence-electron chi connectivity index (χ4n) is 1.52. The quantitative estimate of drug-likeness (QED) is 0.887. The number of hydrogen-bond acceptors (Lipinski definition) is 4. The van der Waals surface area contributed by atoms with E-state index >= 15 is 0 Å². The smallest absolute Gasteiger partial charge is 0.281 e.